The molecule has 1 aromatic carbocycles. The molecule has 112 valence electrons. The lowest BCUT2D eigenvalue weighted by Crippen LogP contribution is -2.28. The molecule has 2 aromatic rings. The molecular formula is C16H21N3OS. The van der Waals surface area contributed by atoms with Crippen LogP contribution in [0.5, 0.6) is 0 Å². The van der Waals surface area contributed by atoms with Gasteiger partial charge in [0.2, 0.25) is 5.89 Å². The molecule has 4 nitrogen and oxygen atoms in total. The molecule has 0 spiro atoms. The molecule has 5 heteroatoms. The van der Waals surface area contributed by atoms with Gasteiger partial charge in [0.05, 0.1) is 5.75 Å². The van der Waals surface area contributed by atoms with Gasteiger partial charge < -0.3 is 9.84 Å². The molecule has 0 bridgehead atoms. The summed E-state index contributed by atoms with van der Waals surface area (Å²) in [5, 5.41) is 7.48. The highest BCUT2D eigenvalue weighted by molar-refractivity contribution is 7.98. The fourth-order valence-electron chi connectivity index (χ4n) is 2.62. The normalized spacial score (nSPS) is 16.2. The largest absolute Gasteiger partial charge is 0.339 e. The summed E-state index contributed by atoms with van der Waals surface area (Å²) in [6.45, 7) is 4.32. The molecule has 1 aliphatic heterocycles. The summed E-state index contributed by atoms with van der Waals surface area (Å²) in [5.41, 5.74) is 1.28. The number of aryl methyl sites for hydroxylation is 1. The van der Waals surface area contributed by atoms with Crippen LogP contribution in [0.2, 0.25) is 0 Å². The van der Waals surface area contributed by atoms with Crippen molar-refractivity contribution in [2.45, 2.75) is 36.8 Å². The molecule has 0 aliphatic carbocycles. The summed E-state index contributed by atoms with van der Waals surface area (Å²) in [7, 11) is 0. The van der Waals surface area contributed by atoms with Crippen LogP contribution < -0.4 is 5.32 Å². The lowest BCUT2D eigenvalue weighted by molar-refractivity contribution is 0.312. The average molecular weight is 303 g/mol. The molecule has 3 rings (SSSR count). The van der Waals surface area contributed by atoms with Crippen molar-refractivity contribution in [2.75, 3.05) is 13.1 Å². The van der Waals surface area contributed by atoms with Crippen LogP contribution in [0.25, 0.3) is 0 Å². The fourth-order valence-corrected chi connectivity index (χ4v) is 3.47. The third-order valence-electron chi connectivity index (χ3n) is 3.79. The Balaban J connectivity index is 1.52. The van der Waals surface area contributed by atoms with E-state index >= 15 is 0 Å². The number of piperidine rings is 1. The highest BCUT2D eigenvalue weighted by Gasteiger charge is 2.17. The van der Waals surface area contributed by atoms with Crippen molar-refractivity contribution in [2.24, 2.45) is 5.92 Å². The third kappa shape index (κ3) is 4.32. The number of hydrogen-bond acceptors (Lipinski definition) is 5. The second-order valence-electron chi connectivity index (χ2n) is 5.61. The van der Waals surface area contributed by atoms with E-state index < -0.39 is 0 Å². The number of nitrogens with one attached hydrogen (secondary N) is 1. The van der Waals surface area contributed by atoms with E-state index in [1.807, 2.05) is 0 Å². The Labute approximate surface area is 129 Å². The van der Waals surface area contributed by atoms with Crippen molar-refractivity contribution in [1.29, 1.82) is 0 Å². The quantitative estimate of drug-likeness (QED) is 0.860. The number of aromatic nitrogens is 2. The Morgan fingerprint density at radius 1 is 1.33 bits per heavy atom. The molecule has 1 saturated heterocycles. The standard InChI is InChI=1S/C16H21N3OS/c1-12-3-2-4-14(9-12)21-11-15-18-16(20-19-15)10-13-5-7-17-8-6-13/h2-4,9,13,17H,5-8,10-11H2,1H3. The lowest BCUT2D eigenvalue weighted by atomic mass is 9.95. The highest BCUT2D eigenvalue weighted by atomic mass is 32.2. The minimum atomic E-state index is 0.684. The van der Waals surface area contributed by atoms with Gasteiger partial charge in [0.1, 0.15) is 0 Å². The second kappa shape index (κ2) is 7.09. The number of thioether (sulfide) groups is 1. The van der Waals surface area contributed by atoms with Crippen LogP contribution in [0.3, 0.4) is 0 Å². The molecule has 1 aliphatic rings. The highest BCUT2D eigenvalue weighted by Crippen LogP contribution is 2.23. The zero-order valence-corrected chi connectivity index (χ0v) is 13.2. The summed E-state index contributed by atoms with van der Waals surface area (Å²) in [4.78, 5) is 5.77. The van der Waals surface area contributed by atoms with Crippen molar-refractivity contribution < 1.29 is 4.52 Å². The minimum Gasteiger partial charge on any atom is -0.339 e. The van der Waals surface area contributed by atoms with E-state index in [-0.39, 0.29) is 0 Å². The molecule has 1 fully saturated rings. The summed E-state index contributed by atoms with van der Waals surface area (Å²) >= 11 is 1.75. The Bertz CT molecular complexity index is 578. The van der Waals surface area contributed by atoms with Crippen molar-refractivity contribution in [3.8, 4) is 0 Å². The minimum absolute atomic E-state index is 0.684. The smallest absolute Gasteiger partial charge is 0.226 e. The topological polar surface area (TPSA) is 51.0 Å². The Kier molecular flexibility index (Phi) is 4.93. The van der Waals surface area contributed by atoms with Crippen LogP contribution in [0.1, 0.15) is 30.1 Å². The third-order valence-corrected chi connectivity index (χ3v) is 4.78. The van der Waals surface area contributed by atoms with Crippen LogP contribution in [0, 0.1) is 12.8 Å². The lowest BCUT2D eigenvalue weighted by Gasteiger charge is -2.20. The van der Waals surface area contributed by atoms with Gasteiger partial charge in [-0.3, -0.25) is 0 Å². The van der Waals surface area contributed by atoms with Gasteiger partial charge in [0, 0.05) is 11.3 Å². The van der Waals surface area contributed by atoms with Gasteiger partial charge in [-0.15, -0.1) is 11.8 Å². The van der Waals surface area contributed by atoms with Crippen LogP contribution in [-0.4, -0.2) is 23.2 Å². The van der Waals surface area contributed by atoms with Crippen LogP contribution >= 0.6 is 11.8 Å². The summed E-state index contributed by atoms with van der Waals surface area (Å²) < 4.78 is 5.38. The predicted octanol–water partition coefficient (Wildman–Crippen LogP) is 3.21. The number of hydrogen-bond donors (Lipinski definition) is 1. The van der Waals surface area contributed by atoms with Gasteiger partial charge >= 0.3 is 0 Å². The molecule has 1 aromatic heterocycles. The first-order chi connectivity index (χ1) is 10.3. The number of benzene rings is 1. The first kappa shape index (κ1) is 14.6. The molecular weight excluding hydrogens is 282 g/mol. The second-order valence-corrected chi connectivity index (χ2v) is 6.66. The first-order valence-electron chi connectivity index (χ1n) is 7.51. The molecule has 0 radical (unpaired) electrons. The zero-order chi connectivity index (χ0) is 14.5. The van der Waals surface area contributed by atoms with Crippen molar-refractivity contribution >= 4 is 11.8 Å². The summed E-state index contributed by atoms with van der Waals surface area (Å²) in [6.07, 6.45) is 3.33. The van der Waals surface area contributed by atoms with Gasteiger partial charge in [-0.2, -0.15) is 4.98 Å². The molecule has 0 saturated carbocycles. The molecule has 21 heavy (non-hydrogen) atoms. The predicted molar refractivity (Wildman–Crippen MR) is 84.3 cm³/mol. The Morgan fingerprint density at radius 3 is 3.00 bits per heavy atom. The monoisotopic (exact) mass is 303 g/mol. The van der Waals surface area contributed by atoms with Gasteiger partial charge in [0.15, 0.2) is 5.82 Å². The molecule has 0 unspecified atom stereocenters. The zero-order valence-electron chi connectivity index (χ0n) is 12.3. The van der Waals surface area contributed by atoms with Crippen LogP contribution in [-0.2, 0) is 12.2 Å². The number of rotatable bonds is 5. The fraction of sp³-hybridized carbons (Fsp3) is 0.500. The van der Waals surface area contributed by atoms with Gasteiger partial charge in [-0.1, -0.05) is 22.9 Å². The first-order valence-corrected chi connectivity index (χ1v) is 8.50. The van der Waals surface area contributed by atoms with E-state index in [2.05, 4.69) is 46.6 Å². The van der Waals surface area contributed by atoms with Gasteiger partial charge in [0.25, 0.3) is 0 Å². The Morgan fingerprint density at radius 2 is 2.19 bits per heavy atom. The molecule has 0 amide bonds. The molecule has 2 heterocycles. The summed E-state index contributed by atoms with van der Waals surface area (Å²) in [5.74, 6) is 3.04. The van der Waals surface area contributed by atoms with E-state index in [0.29, 0.717) is 5.92 Å². The van der Waals surface area contributed by atoms with E-state index in [1.165, 1.54) is 23.3 Å². The van der Waals surface area contributed by atoms with E-state index in [0.717, 1.165) is 37.0 Å². The molecule has 1 N–H and O–H groups in total. The molecule has 0 atom stereocenters. The van der Waals surface area contributed by atoms with E-state index in [1.54, 1.807) is 11.8 Å². The SMILES string of the molecule is Cc1cccc(SCc2noc(CC3CCNCC3)n2)c1. The van der Waals surface area contributed by atoms with Crippen LogP contribution in [0.4, 0.5) is 0 Å². The van der Waals surface area contributed by atoms with E-state index in [9.17, 15) is 0 Å². The van der Waals surface area contributed by atoms with Gasteiger partial charge in [-0.05, 0) is 50.9 Å². The van der Waals surface area contributed by atoms with Gasteiger partial charge in [-0.25, -0.2) is 0 Å². The maximum Gasteiger partial charge on any atom is 0.226 e. The maximum absolute atomic E-state index is 5.38. The number of nitrogens with zero attached hydrogens (tertiary/aromatic N) is 2. The van der Waals surface area contributed by atoms with Crippen LogP contribution in [0.15, 0.2) is 33.7 Å². The van der Waals surface area contributed by atoms with Crippen molar-refractivity contribution in [3.63, 3.8) is 0 Å². The maximum atomic E-state index is 5.38. The average Bonchev–Trinajstić information content (AvgIpc) is 2.94. The Hall–Kier alpha value is -1.33. The van der Waals surface area contributed by atoms with Crippen molar-refractivity contribution in [1.82, 2.24) is 15.5 Å². The van der Waals surface area contributed by atoms with Crippen molar-refractivity contribution in [3.05, 3.63) is 41.5 Å². The summed E-state index contributed by atoms with van der Waals surface area (Å²) in [6, 6.07) is 8.49. The van der Waals surface area contributed by atoms with E-state index in [4.69, 9.17) is 4.52 Å².